The van der Waals surface area contributed by atoms with Crippen LogP contribution in [0.5, 0.6) is 0 Å². The lowest BCUT2D eigenvalue weighted by Gasteiger charge is -2.16. The van der Waals surface area contributed by atoms with Gasteiger partial charge in [0, 0.05) is 6.54 Å². The number of amides is 2. The molecule has 1 aromatic carbocycles. The van der Waals surface area contributed by atoms with E-state index in [2.05, 4.69) is 17.6 Å². The van der Waals surface area contributed by atoms with E-state index in [0.29, 0.717) is 17.3 Å². The van der Waals surface area contributed by atoms with Crippen molar-refractivity contribution in [2.24, 2.45) is 0 Å². The van der Waals surface area contributed by atoms with Crippen LogP contribution in [-0.4, -0.2) is 43.4 Å². The predicted octanol–water partition coefficient (Wildman–Crippen LogP) is 2.13. The van der Waals surface area contributed by atoms with Crippen LogP contribution in [0.2, 0.25) is 5.02 Å². The number of unbranched alkanes of at least 4 members (excludes halogenated alkanes) is 1. The van der Waals surface area contributed by atoms with Gasteiger partial charge in [-0.05, 0) is 25.6 Å². The lowest BCUT2D eigenvalue weighted by atomic mass is 10.3. The molecule has 0 heterocycles. The summed E-state index contributed by atoms with van der Waals surface area (Å²) in [7, 11) is 1.73. The lowest BCUT2D eigenvalue weighted by Crippen LogP contribution is -2.39. The Bertz CT molecular complexity index is 480. The number of carbonyl (C=O) groups excluding carboxylic acids is 2. The van der Waals surface area contributed by atoms with Crippen molar-refractivity contribution in [1.29, 1.82) is 0 Å². The molecule has 2 N–H and O–H groups in total. The third kappa shape index (κ3) is 7.11. The van der Waals surface area contributed by atoms with E-state index in [1.165, 1.54) is 0 Å². The summed E-state index contributed by atoms with van der Waals surface area (Å²) in [6.45, 7) is 3.07. The maximum Gasteiger partial charge on any atom is 0.238 e. The van der Waals surface area contributed by atoms with Gasteiger partial charge in [0.15, 0.2) is 0 Å². The first-order valence-electron chi connectivity index (χ1n) is 7.02. The van der Waals surface area contributed by atoms with Crippen LogP contribution in [0.15, 0.2) is 24.3 Å². The maximum atomic E-state index is 11.9. The number of nitrogens with zero attached hydrogens (tertiary/aromatic N) is 1. The highest BCUT2D eigenvalue weighted by atomic mass is 35.5. The van der Waals surface area contributed by atoms with Crippen LogP contribution < -0.4 is 10.6 Å². The summed E-state index contributed by atoms with van der Waals surface area (Å²) in [5.41, 5.74) is 0.574. The van der Waals surface area contributed by atoms with Crippen LogP contribution in [0.1, 0.15) is 19.8 Å². The highest BCUT2D eigenvalue weighted by molar-refractivity contribution is 6.33. The summed E-state index contributed by atoms with van der Waals surface area (Å²) in [5.74, 6) is -0.275. The molecule has 0 aliphatic carbocycles. The van der Waals surface area contributed by atoms with Crippen molar-refractivity contribution in [3.63, 3.8) is 0 Å². The highest BCUT2D eigenvalue weighted by Crippen LogP contribution is 2.20. The van der Waals surface area contributed by atoms with E-state index in [-0.39, 0.29) is 24.9 Å². The number of carbonyl (C=O) groups is 2. The zero-order valence-corrected chi connectivity index (χ0v) is 13.2. The van der Waals surface area contributed by atoms with Gasteiger partial charge < -0.3 is 10.6 Å². The number of benzene rings is 1. The van der Waals surface area contributed by atoms with Gasteiger partial charge >= 0.3 is 0 Å². The molecule has 0 aliphatic rings. The molecule has 5 nitrogen and oxygen atoms in total. The second-order valence-corrected chi connectivity index (χ2v) is 5.31. The Hall–Kier alpha value is -1.59. The second kappa shape index (κ2) is 9.37. The number of para-hydroxylation sites is 1. The number of rotatable bonds is 8. The van der Waals surface area contributed by atoms with Crippen LogP contribution in [0.25, 0.3) is 0 Å². The van der Waals surface area contributed by atoms with Gasteiger partial charge in [-0.25, -0.2) is 0 Å². The predicted molar refractivity (Wildman–Crippen MR) is 85.5 cm³/mol. The molecular weight excluding hydrogens is 290 g/mol. The normalized spacial score (nSPS) is 10.5. The van der Waals surface area contributed by atoms with Crippen molar-refractivity contribution in [1.82, 2.24) is 10.2 Å². The summed E-state index contributed by atoms with van der Waals surface area (Å²) in [4.78, 5) is 25.2. The van der Waals surface area contributed by atoms with Gasteiger partial charge in [0.05, 0.1) is 23.8 Å². The Balaban J connectivity index is 2.34. The van der Waals surface area contributed by atoms with Crippen molar-refractivity contribution >= 4 is 29.1 Å². The van der Waals surface area contributed by atoms with Gasteiger partial charge in [0.25, 0.3) is 0 Å². The monoisotopic (exact) mass is 311 g/mol. The van der Waals surface area contributed by atoms with Gasteiger partial charge in [-0.3, -0.25) is 14.5 Å². The summed E-state index contributed by atoms with van der Waals surface area (Å²) in [6.07, 6.45) is 2.00. The summed E-state index contributed by atoms with van der Waals surface area (Å²) < 4.78 is 0. The van der Waals surface area contributed by atoms with E-state index in [1.54, 1.807) is 36.2 Å². The molecule has 0 atom stereocenters. The quantitative estimate of drug-likeness (QED) is 0.723. The number of hydrogen-bond acceptors (Lipinski definition) is 3. The fourth-order valence-electron chi connectivity index (χ4n) is 1.76. The van der Waals surface area contributed by atoms with Crippen LogP contribution >= 0.6 is 11.6 Å². The average Bonchev–Trinajstić information content (AvgIpc) is 2.41. The highest BCUT2D eigenvalue weighted by Gasteiger charge is 2.11. The van der Waals surface area contributed by atoms with E-state index in [0.717, 1.165) is 12.8 Å². The fourth-order valence-corrected chi connectivity index (χ4v) is 1.94. The number of nitrogens with one attached hydrogen (secondary N) is 2. The molecule has 0 spiro atoms. The Kier molecular flexibility index (Phi) is 7.79. The van der Waals surface area contributed by atoms with Gasteiger partial charge in [-0.2, -0.15) is 0 Å². The number of hydrogen-bond donors (Lipinski definition) is 2. The molecule has 6 heteroatoms. The third-order valence-corrected chi connectivity index (χ3v) is 3.16. The van der Waals surface area contributed by atoms with Gasteiger partial charge in [0.2, 0.25) is 11.8 Å². The first kappa shape index (κ1) is 17.5. The molecule has 0 unspecified atom stereocenters. The molecular formula is C15H22ClN3O2. The van der Waals surface area contributed by atoms with Crippen LogP contribution in [0.3, 0.4) is 0 Å². The van der Waals surface area contributed by atoms with Crippen molar-refractivity contribution < 1.29 is 9.59 Å². The Morgan fingerprint density at radius 2 is 1.86 bits per heavy atom. The van der Waals surface area contributed by atoms with Crippen molar-refractivity contribution in [2.75, 3.05) is 32.0 Å². The molecule has 21 heavy (non-hydrogen) atoms. The van der Waals surface area contributed by atoms with Crippen molar-refractivity contribution in [3.05, 3.63) is 29.3 Å². The number of halogens is 1. The molecule has 1 aromatic rings. The summed E-state index contributed by atoms with van der Waals surface area (Å²) in [5, 5.41) is 6.03. The van der Waals surface area contributed by atoms with Gasteiger partial charge in [-0.15, -0.1) is 0 Å². The molecule has 0 fully saturated rings. The van der Waals surface area contributed by atoms with Crippen LogP contribution in [0.4, 0.5) is 5.69 Å². The smallest absolute Gasteiger partial charge is 0.238 e. The minimum Gasteiger partial charge on any atom is -0.355 e. The molecule has 0 aliphatic heterocycles. The molecule has 116 valence electrons. The Morgan fingerprint density at radius 3 is 2.52 bits per heavy atom. The fraction of sp³-hybridized carbons (Fsp3) is 0.467. The second-order valence-electron chi connectivity index (χ2n) is 4.90. The maximum absolute atomic E-state index is 11.9. The first-order chi connectivity index (χ1) is 10.0. The zero-order valence-electron chi connectivity index (χ0n) is 12.5. The molecule has 0 radical (unpaired) electrons. The van der Waals surface area contributed by atoms with E-state index in [1.807, 2.05) is 0 Å². The number of likely N-dealkylation sites (N-methyl/N-ethyl adjacent to an activating group) is 1. The van der Waals surface area contributed by atoms with Crippen molar-refractivity contribution in [3.8, 4) is 0 Å². The summed E-state index contributed by atoms with van der Waals surface area (Å²) in [6, 6.07) is 7.04. The SMILES string of the molecule is CCCCNC(=O)CN(C)CC(=O)Nc1ccccc1Cl. The van der Waals surface area contributed by atoms with Crippen LogP contribution in [0, 0.1) is 0 Å². The van der Waals surface area contributed by atoms with Gasteiger partial charge in [-0.1, -0.05) is 37.1 Å². The van der Waals surface area contributed by atoms with Crippen molar-refractivity contribution in [2.45, 2.75) is 19.8 Å². The third-order valence-electron chi connectivity index (χ3n) is 2.83. The first-order valence-corrected chi connectivity index (χ1v) is 7.40. The molecule has 1 rings (SSSR count). The van der Waals surface area contributed by atoms with E-state index in [4.69, 9.17) is 11.6 Å². The Labute approximate surface area is 130 Å². The zero-order chi connectivity index (χ0) is 15.7. The van der Waals surface area contributed by atoms with Gasteiger partial charge in [0.1, 0.15) is 0 Å². The molecule has 0 bridgehead atoms. The van der Waals surface area contributed by atoms with Crippen LogP contribution in [-0.2, 0) is 9.59 Å². The van der Waals surface area contributed by atoms with E-state index < -0.39 is 0 Å². The Morgan fingerprint density at radius 1 is 1.19 bits per heavy atom. The van der Waals surface area contributed by atoms with E-state index >= 15 is 0 Å². The largest absolute Gasteiger partial charge is 0.355 e. The minimum absolute atomic E-state index is 0.0727. The minimum atomic E-state index is -0.202. The molecule has 0 aromatic heterocycles. The molecule has 2 amide bonds. The standard InChI is InChI=1S/C15H22ClN3O2/c1-3-4-9-17-14(20)10-19(2)11-15(21)18-13-8-6-5-7-12(13)16/h5-8H,3-4,9-11H2,1-2H3,(H,17,20)(H,18,21). The summed E-state index contributed by atoms with van der Waals surface area (Å²) >= 11 is 5.97. The average molecular weight is 312 g/mol. The lowest BCUT2D eigenvalue weighted by molar-refractivity contribution is -0.122. The molecule has 0 saturated heterocycles. The number of anilines is 1. The molecule has 0 saturated carbocycles. The van der Waals surface area contributed by atoms with E-state index in [9.17, 15) is 9.59 Å². The topological polar surface area (TPSA) is 61.4 Å².